The van der Waals surface area contributed by atoms with Gasteiger partial charge in [-0.05, 0) is 29.9 Å². The third-order valence-corrected chi connectivity index (χ3v) is 5.13. The average Bonchev–Trinajstić information content (AvgIpc) is 3.46. The first-order valence-corrected chi connectivity index (χ1v) is 9.68. The minimum Gasteiger partial charge on any atom is -0.353 e. The van der Waals surface area contributed by atoms with Gasteiger partial charge in [0.1, 0.15) is 6.04 Å². The molecule has 1 unspecified atom stereocenters. The van der Waals surface area contributed by atoms with Crippen molar-refractivity contribution in [3.8, 4) is 0 Å². The topological polar surface area (TPSA) is 58.2 Å². The number of carbonyl (C=O) groups excluding carboxylic acids is 2. The van der Waals surface area contributed by atoms with Crippen molar-refractivity contribution in [2.45, 2.75) is 44.6 Å². The largest absolute Gasteiger partial charge is 0.353 e. The van der Waals surface area contributed by atoms with Crippen molar-refractivity contribution in [1.29, 1.82) is 0 Å². The van der Waals surface area contributed by atoms with Crippen LogP contribution in [0.2, 0.25) is 0 Å². The average molecular weight is 364 g/mol. The van der Waals surface area contributed by atoms with E-state index in [9.17, 15) is 9.59 Å². The lowest BCUT2D eigenvalue weighted by Crippen LogP contribution is -2.43. The van der Waals surface area contributed by atoms with E-state index in [0.717, 1.165) is 18.4 Å². The van der Waals surface area contributed by atoms with Gasteiger partial charge in [-0.2, -0.15) is 0 Å². The smallest absolute Gasteiger partial charge is 0.247 e. The first-order chi connectivity index (χ1) is 13.0. The molecule has 0 aliphatic heterocycles. The van der Waals surface area contributed by atoms with E-state index < -0.39 is 6.04 Å². The Kier molecular flexibility index (Phi) is 5.94. The van der Waals surface area contributed by atoms with Crippen LogP contribution < -0.4 is 10.6 Å². The zero-order valence-corrected chi connectivity index (χ0v) is 16.1. The number of benzene rings is 2. The molecule has 1 atom stereocenters. The first-order valence-electron chi connectivity index (χ1n) is 9.68. The van der Waals surface area contributed by atoms with Crippen LogP contribution in [0.3, 0.4) is 0 Å². The van der Waals surface area contributed by atoms with Crippen molar-refractivity contribution in [1.82, 2.24) is 10.6 Å². The van der Waals surface area contributed by atoms with Crippen LogP contribution in [0.1, 0.15) is 50.3 Å². The minimum atomic E-state index is -0.663. The van der Waals surface area contributed by atoms with Gasteiger partial charge in [0, 0.05) is 18.4 Å². The highest BCUT2D eigenvalue weighted by molar-refractivity contribution is 5.88. The van der Waals surface area contributed by atoms with Crippen LogP contribution in [-0.2, 0) is 15.0 Å². The number of nitrogens with one attached hydrogen (secondary N) is 2. The highest BCUT2D eigenvalue weighted by Crippen LogP contribution is 2.47. The SMILES string of the molecule is CC(C)CC(=O)NC(C(=O)NCC1(c2ccccc2)CC1)c1ccccc1. The molecular weight excluding hydrogens is 336 g/mol. The fraction of sp³-hybridized carbons (Fsp3) is 0.391. The van der Waals surface area contributed by atoms with Crippen LogP contribution >= 0.6 is 0 Å². The van der Waals surface area contributed by atoms with Gasteiger partial charge in [-0.1, -0.05) is 74.5 Å². The summed E-state index contributed by atoms with van der Waals surface area (Å²) in [5.74, 6) is -0.00370. The molecule has 3 rings (SSSR count). The van der Waals surface area contributed by atoms with E-state index in [1.54, 1.807) is 0 Å². The third kappa shape index (κ3) is 4.97. The molecule has 0 radical (unpaired) electrons. The van der Waals surface area contributed by atoms with Crippen molar-refractivity contribution in [2.24, 2.45) is 5.92 Å². The maximum atomic E-state index is 12.9. The van der Waals surface area contributed by atoms with Gasteiger partial charge in [-0.15, -0.1) is 0 Å². The van der Waals surface area contributed by atoms with E-state index >= 15 is 0 Å². The zero-order chi connectivity index (χ0) is 19.3. The third-order valence-electron chi connectivity index (χ3n) is 5.13. The molecule has 1 aliphatic rings. The van der Waals surface area contributed by atoms with Crippen molar-refractivity contribution >= 4 is 11.8 Å². The van der Waals surface area contributed by atoms with E-state index in [0.29, 0.717) is 13.0 Å². The molecule has 2 aromatic rings. The van der Waals surface area contributed by atoms with Gasteiger partial charge in [-0.25, -0.2) is 0 Å². The van der Waals surface area contributed by atoms with E-state index in [1.807, 2.05) is 62.4 Å². The van der Waals surface area contributed by atoms with Gasteiger partial charge in [0.2, 0.25) is 11.8 Å². The lowest BCUT2D eigenvalue weighted by molar-refractivity contribution is -0.129. The summed E-state index contributed by atoms with van der Waals surface area (Å²) < 4.78 is 0. The molecule has 27 heavy (non-hydrogen) atoms. The van der Waals surface area contributed by atoms with E-state index in [2.05, 4.69) is 22.8 Å². The number of amides is 2. The normalized spacial score (nSPS) is 15.8. The zero-order valence-electron chi connectivity index (χ0n) is 16.1. The molecule has 0 spiro atoms. The summed E-state index contributed by atoms with van der Waals surface area (Å²) in [4.78, 5) is 25.2. The molecule has 0 saturated heterocycles. The summed E-state index contributed by atoms with van der Waals surface area (Å²) in [5, 5.41) is 6.00. The maximum Gasteiger partial charge on any atom is 0.247 e. The summed E-state index contributed by atoms with van der Waals surface area (Å²) >= 11 is 0. The maximum absolute atomic E-state index is 12.9. The van der Waals surface area contributed by atoms with Crippen LogP contribution in [0.5, 0.6) is 0 Å². The molecule has 1 aliphatic carbocycles. The van der Waals surface area contributed by atoms with Crippen LogP contribution in [-0.4, -0.2) is 18.4 Å². The van der Waals surface area contributed by atoms with Crippen LogP contribution in [0.15, 0.2) is 60.7 Å². The molecular formula is C23H28N2O2. The summed E-state index contributed by atoms with van der Waals surface area (Å²) in [6, 6.07) is 19.1. The molecule has 2 N–H and O–H groups in total. The van der Waals surface area contributed by atoms with Gasteiger partial charge in [0.15, 0.2) is 0 Å². The van der Waals surface area contributed by atoms with Gasteiger partial charge in [0.05, 0.1) is 0 Å². The summed E-state index contributed by atoms with van der Waals surface area (Å²) in [5.41, 5.74) is 2.11. The van der Waals surface area contributed by atoms with Crippen LogP contribution in [0, 0.1) is 5.92 Å². The number of rotatable bonds is 8. The molecule has 142 valence electrons. The lowest BCUT2D eigenvalue weighted by Gasteiger charge is -2.22. The van der Waals surface area contributed by atoms with Crippen LogP contribution in [0.4, 0.5) is 0 Å². The minimum absolute atomic E-state index is 0.0418. The number of carbonyl (C=O) groups is 2. The molecule has 1 fully saturated rings. The van der Waals surface area contributed by atoms with Crippen LogP contribution in [0.25, 0.3) is 0 Å². The Balaban J connectivity index is 1.69. The molecule has 0 aromatic heterocycles. The number of hydrogen-bond donors (Lipinski definition) is 2. The lowest BCUT2D eigenvalue weighted by atomic mass is 9.95. The molecule has 1 saturated carbocycles. The fourth-order valence-corrected chi connectivity index (χ4v) is 3.40. The summed E-state index contributed by atoms with van der Waals surface area (Å²) in [6.45, 7) is 4.58. The quantitative estimate of drug-likeness (QED) is 0.750. The molecule has 2 aromatic carbocycles. The van der Waals surface area contributed by atoms with Crippen molar-refractivity contribution in [3.05, 3.63) is 71.8 Å². The Bertz CT molecular complexity index is 767. The molecule has 0 heterocycles. The van der Waals surface area contributed by atoms with Gasteiger partial charge in [0.25, 0.3) is 0 Å². The fourth-order valence-electron chi connectivity index (χ4n) is 3.40. The van der Waals surface area contributed by atoms with Gasteiger partial charge in [-0.3, -0.25) is 9.59 Å². The summed E-state index contributed by atoms with van der Waals surface area (Å²) in [7, 11) is 0. The Morgan fingerprint density at radius 3 is 2.11 bits per heavy atom. The molecule has 2 amide bonds. The second-order valence-electron chi connectivity index (χ2n) is 7.87. The van der Waals surface area contributed by atoms with Gasteiger partial charge >= 0.3 is 0 Å². The van der Waals surface area contributed by atoms with Crippen molar-refractivity contribution < 1.29 is 9.59 Å². The standard InChI is InChI=1S/C23H28N2O2/c1-17(2)15-20(26)25-21(18-9-5-3-6-10-18)22(27)24-16-23(13-14-23)19-11-7-4-8-12-19/h3-12,17,21H,13-16H2,1-2H3,(H,24,27)(H,25,26). The molecule has 4 nitrogen and oxygen atoms in total. The highest BCUT2D eigenvalue weighted by Gasteiger charge is 2.44. The Morgan fingerprint density at radius 1 is 0.963 bits per heavy atom. The van der Waals surface area contributed by atoms with E-state index in [4.69, 9.17) is 0 Å². The van der Waals surface area contributed by atoms with Gasteiger partial charge < -0.3 is 10.6 Å². The predicted molar refractivity (Wildman–Crippen MR) is 107 cm³/mol. The predicted octanol–water partition coefficient (Wildman–Crippen LogP) is 3.74. The molecule has 4 heteroatoms. The second-order valence-corrected chi connectivity index (χ2v) is 7.87. The monoisotopic (exact) mass is 364 g/mol. The number of hydrogen-bond acceptors (Lipinski definition) is 2. The van der Waals surface area contributed by atoms with Crippen molar-refractivity contribution in [3.63, 3.8) is 0 Å². The Hall–Kier alpha value is -2.62. The molecule has 0 bridgehead atoms. The highest BCUT2D eigenvalue weighted by atomic mass is 16.2. The second kappa shape index (κ2) is 8.38. The van der Waals surface area contributed by atoms with Crippen molar-refractivity contribution in [2.75, 3.05) is 6.54 Å². The summed E-state index contributed by atoms with van der Waals surface area (Å²) in [6.07, 6.45) is 2.56. The Labute approximate surface area is 161 Å². The van der Waals surface area contributed by atoms with E-state index in [-0.39, 0.29) is 23.1 Å². The van der Waals surface area contributed by atoms with E-state index in [1.165, 1.54) is 5.56 Å². The first kappa shape index (κ1) is 19.2. The Morgan fingerprint density at radius 2 is 1.56 bits per heavy atom.